The fourth-order valence-corrected chi connectivity index (χ4v) is 2.96. The summed E-state index contributed by atoms with van der Waals surface area (Å²) in [5.74, 6) is 0.947. The first-order chi connectivity index (χ1) is 10.8. The van der Waals surface area contributed by atoms with Gasteiger partial charge in [-0.1, -0.05) is 35.5 Å². The fraction of sp³-hybridized carbons (Fsp3) is 0.500. The highest BCUT2D eigenvalue weighted by molar-refractivity contribution is 5.14. The first-order valence-electron chi connectivity index (χ1n) is 8.10. The van der Waals surface area contributed by atoms with Crippen molar-refractivity contribution in [1.82, 2.24) is 10.1 Å². The number of hydrogen-bond acceptors (Lipinski definition) is 4. The smallest absolute Gasteiger partial charge is 0.150 e. The molecule has 1 aromatic heterocycles. The summed E-state index contributed by atoms with van der Waals surface area (Å²) in [5.41, 5.74) is 2.34. The van der Waals surface area contributed by atoms with Crippen molar-refractivity contribution < 1.29 is 9.26 Å². The van der Waals surface area contributed by atoms with E-state index in [0.29, 0.717) is 6.10 Å². The predicted octanol–water partition coefficient (Wildman–Crippen LogP) is 3.21. The van der Waals surface area contributed by atoms with E-state index in [1.165, 1.54) is 5.56 Å². The van der Waals surface area contributed by atoms with Crippen LogP contribution in [0.5, 0.6) is 0 Å². The van der Waals surface area contributed by atoms with E-state index in [1.807, 2.05) is 13.0 Å². The van der Waals surface area contributed by atoms with Crippen molar-refractivity contribution in [3.63, 3.8) is 0 Å². The van der Waals surface area contributed by atoms with Gasteiger partial charge in [0, 0.05) is 25.8 Å². The SMILES string of the molecule is Cc1cc(CN2CC[C@H](OCCCc3ccccc3)C2)on1. The molecule has 1 fully saturated rings. The van der Waals surface area contributed by atoms with Gasteiger partial charge in [-0.2, -0.15) is 0 Å². The van der Waals surface area contributed by atoms with Gasteiger partial charge >= 0.3 is 0 Å². The lowest BCUT2D eigenvalue weighted by Crippen LogP contribution is -2.23. The maximum atomic E-state index is 6.01. The molecule has 2 heterocycles. The maximum absolute atomic E-state index is 6.01. The molecule has 0 aliphatic carbocycles. The summed E-state index contributed by atoms with van der Waals surface area (Å²) in [6.45, 7) is 5.70. The topological polar surface area (TPSA) is 38.5 Å². The van der Waals surface area contributed by atoms with Crippen LogP contribution in [0.4, 0.5) is 0 Å². The molecule has 4 heteroatoms. The molecule has 22 heavy (non-hydrogen) atoms. The van der Waals surface area contributed by atoms with Crippen molar-refractivity contribution in [3.05, 3.63) is 53.4 Å². The van der Waals surface area contributed by atoms with E-state index < -0.39 is 0 Å². The lowest BCUT2D eigenvalue weighted by atomic mass is 10.1. The van der Waals surface area contributed by atoms with Crippen LogP contribution in [0, 0.1) is 6.92 Å². The van der Waals surface area contributed by atoms with Crippen molar-refractivity contribution in [2.24, 2.45) is 0 Å². The predicted molar refractivity (Wildman–Crippen MR) is 85.6 cm³/mol. The van der Waals surface area contributed by atoms with E-state index in [9.17, 15) is 0 Å². The molecule has 0 N–H and O–H groups in total. The number of likely N-dealkylation sites (tertiary alicyclic amines) is 1. The first kappa shape index (κ1) is 15.3. The molecule has 1 aromatic carbocycles. The van der Waals surface area contributed by atoms with Gasteiger partial charge in [-0.05, 0) is 31.7 Å². The summed E-state index contributed by atoms with van der Waals surface area (Å²) in [4.78, 5) is 2.38. The highest BCUT2D eigenvalue weighted by Crippen LogP contribution is 2.17. The number of aromatic nitrogens is 1. The minimum absolute atomic E-state index is 0.361. The first-order valence-corrected chi connectivity index (χ1v) is 8.10. The van der Waals surface area contributed by atoms with Crippen LogP contribution in [0.2, 0.25) is 0 Å². The molecule has 0 radical (unpaired) electrons. The number of aryl methyl sites for hydroxylation is 2. The minimum Gasteiger partial charge on any atom is -0.377 e. The number of ether oxygens (including phenoxy) is 1. The summed E-state index contributed by atoms with van der Waals surface area (Å²) in [6, 6.07) is 12.6. The van der Waals surface area contributed by atoms with Gasteiger partial charge in [0.2, 0.25) is 0 Å². The van der Waals surface area contributed by atoms with Crippen molar-refractivity contribution in [1.29, 1.82) is 0 Å². The Hall–Kier alpha value is -1.65. The Labute approximate surface area is 132 Å². The highest BCUT2D eigenvalue weighted by atomic mass is 16.5. The molecular weight excluding hydrogens is 276 g/mol. The summed E-state index contributed by atoms with van der Waals surface area (Å²) in [7, 11) is 0. The third kappa shape index (κ3) is 4.42. The van der Waals surface area contributed by atoms with Crippen molar-refractivity contribution in [3.8, 4) is 0 Å². The second kappa shape index (κ2) is 7.56. The van der Waals surface area contributed by atoms with Crippen LogP contribution in [0.1, 0.15) is 29.9 Å². The quantitative estimate of drug-likeness (QED) is 0.736. The van der Waals surface area contributed by atoms with Crippen LogP contribution in [0.15, 0.2) is 40.9 Å². The zero-order valence-electron chi connectivity index (χ0n) is 13.2. The summed E-state index contributed by atoms with van der Waals surface area (Å²) >= 11 is 0. The second-order valence-electron chi connectivity index (χ2n) is 6.04. The molecule has 0 unspecified atom stereocenters. The number of nitrogens with zero attached hydrogens (tertiary/aromatic N) is 2. The number of benzene rings is 1. The lowest BCUT2D eigenvalue weighted by molar-refractivity contribution is 0.0564. The average molecular weight is 300 g/mol. The molecule has 0 saturated carbocycles. The van der Waals surface area contributed by atoms with E-state index >= 15 is 0 Å². The normalized spacial score (nSPS) is 18.9. The van der Waals surface area contributed by atoms with Gasteiger partial charge in [0.05, 0.1) is 18.3 Å². The van der Waals surface area contributed by atoms with E-state index in [-0.39, 0.29) is 0 Å². The zero-order chi connectivity index (χ0) is 15.2. The van der Waals surface area contributed by atoms with Crippen LogP contribution in [-0.2, 0) is 17.7 Å². The van der Waals surface area contributed by atoms with Gasteiger partial charge in [-0.25, -0.2) is 0 Å². The second-order valence-corrected chi connectivity index (χ2v) is 6.04. The van der Waals surface area contributed by atoms with E-state index in [2.05, 4.69) is 40.4 Å². The van der Waals surface area contributed by atoms with Crippen molar-refractivity contribution in [2.75, 3.05) is 19.7 Å². The Bertz CT molecular complexity index is 567. The molecule has 1 atom stereocenters. The molecule has 118 valence electrons. The summed E-state index contributed by atoms with van der Waals surface area (Å²) in [5, 5.41) is 3.93. The zero-order valence-corrected chi connectivity index (χ0v) is 13.2. The van der Waals surface area contributed by atoms with Gasteiger partial charge < -0.3 is 9.26 Å². The molecule has 4 nitrogen and oxygen atoms in total. The Kier molecular flexibility index (Phi) is 5.24. The highest BCUT2D eigenvalue weighted by Gasteiger charge is 2.23. The standard InChI is InChI=1S/C18H24N2O2/c1-15-12-18(22-19-15)14-20-10-9-17(13-20)21-11-5-8-16-6-3-2-4-7-16/h2-4,6-7,12,17H,5,8-11,13-14H2,1H3/t17-/m0/s1. The van der Waals surface area contributed by atoms with Gasteiger partial charge in [-0.3, -0.25) is 4.90 Å². The lowest BCUT2D eigenvalue weighted by Gasteiger charge is -2.14. The third-order valence-electron chi connectivity index (χ3n) is 4.09. The van der Waals surface area contributed by atoms with E-state index in [4.69, 9.17) is 9.26 Å². The van der Waals surface area contributed by atoms with Crippen molar-refractivity contribution in [2.45, 2.75) is 38.8 Å². The third-order valence-corrected chi connectivity index (χ3v) is 4.09. The Morgan fingerprint density at radius 3 is 2.95 bits per heavy atom. The Balaban J connectivity index is 1.33. The van der Waals surface area contributed by atoms with Crippen LogP contribution < -0.4 is 0 Å². The summed E-state index contributed by atoms with van der Waals surface area (Å²) < 4.78 is 11.3. The molecule has 1 aliphatic heterocycles. The van der Waals surface area contributed by atoms with Crippen molar-refractivity contribution >= 4 is 0 Å². The number of hydrogen-bond donors (Lipinski definition) is 0. The maximum Gasteiger partial charge on any atom is 0.150 e. The molecule has 3 rings (SSSR count). The van der Waals surface area contributed by atoms with Crippen LogP contribution in [0.3, 0.4) is 0 Å². The molecule has 1 saturated heterocycles. The van der Waals surface area contributed by atoms with Crippen LogP contribution in [-0.4, -0.2) is 35.9 Å². The fourth-order valence-electron chi connectivity index (χ4n) is 2.96. The average Bonchev–Trinajstić information content (AvgIpc) is 3.14. The molecular formula is C18H24N2O2. The van der Waals surface area contributed by atoms with Gasteiger partial charge in [0.15, 0.2) is 5.76 Å². The molecule has 1 aliphatic rings. The van der Waals surface area contributed by atoms with E-state index in [0.717, 1.165) is 57.0 Å². The Morgan fingerprint density at radius 1 is 1.32 bits per heavy atom. The van der Waals surface area contributed by atoms with Crippen LogP contribution in [0.25, 0.3) is 0 Å². The molecule has 0 amide bonds. The minimum atomic E-state index is 0.361. The monoisotopic (exact) mass is 300 g/mol. The largest absolute Gasteiger partial charge is 0.377 e. The molecule has 0 spiro atoms. The van der Waals surface area contributed by atoms with Crippen LogP contribution >= 0.6 is 0 Å². The molecule has 0 bridgehead atoms. The van der Waals surface area contributed by atoms with E-state index in [1.54, 1.807) is 0 Å². The van der Waals surface area contributed by atoms with Gasteiger partial charge in [-0.15, -0.1) is 0 Å². The number of rotatable bonds is 7. The Morgan fingerprint density at radius 2 is 2.18 bits per heavy atom. The van der Waals surface area contributed by atoms with Gasteiger partial charge in [0.25, 0.3) is 0 Å². The van der Waals surface area contributed by atoms with Gasteiger partial charge in [0.1, 0.15) is 0 Å². The molecule has 2 aromatic rings. The summed E-state index contributed by atoms with van der Waals surface area (Å²) in [6.07, 6.45) is 3.65.